The van der Waals surface area contributed by atoms with E-state index in [1.165, 1.54) is 0 Å². The summed E-state index contributed by atoms with van der Waals surface area (Å²) in [6.45, 7) is 7.55. The summed E-state index contributed by atoms with van der Waals surface area (Å²) in [6.07, 6.45) is 0.440. The number of amides is 1. The number of nitriles is 1. The van der Waals surface area contributed by atoms with Crippen LogP contribution in [0.25, 0.3) is 0 Å². The number of anilines is 1. The van der Waals surface area contributed by atoms with Gasteiger partial charge in [-0.1, -0.05) is 32.0 Å². The highest BCUT2D eigenvalue weighted by atomic mass is 16.2. The van der Waals surface area contributed by atoms with Crippen LogP contribution in [0, 0.1) is 17.2 Å². The molecular weight excluding hydrogens is 250 g/mol. The number of nitrogens with one attached hydrogen (secondary N) is 1. The molecule has 0 radical (unpaired) electrons. The maximum absolute atomic E-state index is 12.3. The van der Waals surface area contributed by atoms with E-state index in [-0.39, 0.29) is 11.9 Å². The summed E-state index contributed by atoms with van der Waals surface area (Å²) < 4.78 is 0. The van der Waals surface area contributed by atoms with Gasteiger partial charge in [0.15, 0.2) is 0 Å². The average molecular weight is 273 g/mol. The minimum Gasteiger partial charge on any atom is -0.325 e. The number of hydrogen-bond acceptors (Lipinski definition) is 3. The zero-order chi connectivity index (χ0) is 15.0. The first-order valence-electron chi connectivity index (χ1n) is 7.01. The molecule has 4 heteroatoms. The van der Waals surface area contributed by atoms with E-state index in [4.69, 9.17) is 5.26 Å². The highest BCUT2D eigenvalue weighted by Gasteiger charge is 2.21. The molecule has 1 atom stereocenters. The molecule has 1 aromatic rings. The average Bonchev–Trinajstić information content (AvgIpc) is 2.43. The van der Waals surface area contributed by atoms with Crippen molar-refractivity contribution in [2.75, 3.05) is 18.4 Å². The molecule has 0 heterocycles. The summed E-state index contributed by atoms with van der Waals surface area (Å²) in [4.78, 5) is 14.3. The van der Waals surface area contributed by atoms with Crippen molar-refractivity contribution in [1.29, 1.82) is 5.26 Å². The minimum absolute atomic E-state index is 0.0326. The lowest BCUT2D eigenvalue weighted by Crippen LogP contribution is -2.44. The molecule has 0 aromatic heterocycles. The number of nitrogens with zero attached hydrogens (tertiary/aromatic N) is 2. The quantitative estimate of drug-likeness (QED) is 0.831. The smallest absolute Gasteiger partial charge is 0.241 e. The zero-order valence-corrected chi connectivity index (χ0v) is 12.5. The Balaban J connectivity index is 2.65. The highest BCUT2D eigenvalue weighted by Crippen LogP contribution is 2.10. The van der Waals surface area contributed by atoms with Crippen LogP contribution in [0.1, 0.15) is 27.2 Å². The van der Waals surface area contributed by atoms with Crippen LogP contribution in [0.5, 0.6) is 0 Å². The Morgan fingerprint density at radius 1 is 1.30 bits per heavy atom. The van der Waals surface area contributed by atoms with E-state index < -0.39 is 0 Å². The van der Waals surface area contributed by atoms with Gasteiger partial charge in [0.2, 0.25) is 5.91 Å². The van der Waals surface area contributed by atoms with E-state index >= 15 is 0 Å². The molecule has 4 nitrogen and oxygen atoms in total. The SMILES string of the molecule is CC(C)CN(CCC#N)C(C)C(=O)Nc1ccccc1. The molecule has 0 saturated heterocycles. The van der Waals surface area contributed by atoms with Crippen molar-refractivity contribution < 1.29 is 4.79 Å². The van der Waals surface area contributed by atoms with Gasteiger partial charge in [0, 0.05) is 25.2 Å². The maximum Gasteiger partial charge on any atom is 0.241 e. The van der Waals surface area contributed by atoms with Crippen molar-refractivity contribution in [2.45, 2.75) is 33.2 Å². The minimum atomic E-state index is -0.244. The molecule has 20 heavy (non-hydrogen) atoms. The lowest BCUT2D eigenvalue weighted by Gasteiger charge is -2.29. The third kappa shape index (κ3) is 5.41. The van der Waals surface area contributed by atoms with Gasteiger partial charge in [0.25, 0.3) is 0 Å². The normalized spacial score (nSPS) is 12.2. The van der Waals surface area contributed by atoms with Gasteiger partial charge >= 0.3 is 0 Å². The van der Waals surface area contributed by atoms with Crippen LogP contribution in [0.2, 0.25) is 0 Å². The van der Waals surface area contributed by atoms with Crippen molar-refractivity contribution in [1.82, 2.24) is 4.90 Å². The van der Waals surface area contributed by atoms with Crippen LogP contribution < -0.4 is 5.32 Å². The molecule has 1 rings (SSSR count). The van der Waals surface area contributed by atoms with Crippen molar-refractivity contribution in [3.8, 4) is 6.07 Å². The Kier molecular flexibility index (Phi) is 6.75. The van der Waals surface area contributed by atoms with E-state index in [0.717, 1.165) is 12.2 Å². The van der Waals surface area contributed by atoms with Gasteiger partial charge in [0.1, 0.15) is 0 Å². The van der Waals surface area contributed by atoms with Crippen molar-refractivity contribution in [3.05, 3.63) is 30.3 Å². The van der Waals surface area contributed by atoms with Gasteiger partial charge in [-0.05, 0) is 25.0 Å². The second kappa shape index (κ2) is 8.34. The second-order valence-electron chi connectivity index (χ2n) is 5.33. The van der Waals surface area contributed by atoms with Gasteiger partial charge in [-0.25, -0.2) is 0 Å². The topological polar surface area (TPSA) is 56.1 Å². The van der Waals surface area contributed by atoms with E-state index in [9.17, 15) is 4.79 Å². The van der Waals surface area contributed by atoms with Gasteiger partial charge in [0.05, 0.1) is 12.1 Å². The molecule has 1 unspecified atom stereocenters. The molecule has 0 aliphatic carbocycles. The van der Waals surface area contributed by atoms with Crippen molar-refractivity contribution in [2.24, 2.45) is 5.92 Å². The fraction of sp³-hybridized carbons (Fsp3) is 0.500. The van der Waals surface area contributed by atoms with Crippen molar-refractivity contribution >= 4 is 11.6 Å². The van der Waals surface area contributed by atoms with Gasteiger partial charge in [-0.15, -0.1) is 0 Å². The first kappa shape index (κ1) is 16.2. The third-order valence-electron chi connectivity index (χ3n) is 3.08. The summed E-state index contributed by atoms with van der Waals surface area (Å²) in [5.74, 6) is 0.426. The predicted molar refractivity (Wildman–Crippen MR) is 81.2 cm³/mol. The summed E-state index contributed by atoms with van der Waals surface area (Å²) in [5.41, 5.74) is 0.800. The molecule has 0 bridgehead atoms. The van der Waals surface area contributed by atoms with E-state index in [2.05, 4.69) is 30.1 Å². The predicted octanol–water partition coefficient (Wildman–Crippen LogP) is 2.89. The highest BCUT2D eigenvalue weighted by molar-refractivity contribution is 5.94. The molecule has 0 spiro atoms. The molecule has 0 aliphatic rings. The Morgan fingerprint density at radius 3 is 2.50 bits per heavy atom. The lowest BCUT2D eigenvalue weighted by molar-refractivity contribution is -0.120. The standard InChI is InChI=1S/C16H23N3O/c1-13(2)12-19(11-7-10-17)14(3)16(20)18-15-8-5-4-6-9-15/h4-6,8-9,13-14H,7,11-12H2,1-3H3,(H,18,20). The van der Waals surface area contributed by atoms with E-state index in [1.807, 2.05) is 37.3 Å². The molecule has 1 amide bonds. The molecular formula is C16H23N3O. The first-order valence-corrected chi connectivity index (χ1v) is 7.01. The van der Waals surface area contributed by atoms with Crippen LogP contribution in [-0.2, 0) is 4.79 Å². The Bertz CT molecular complexity index is 451. The Morgan fingerprint density at radius 2 is 1.95 bits per heavy atom. The summed E-state index contributed by atoms with van der Waals surface area (Å²) in [7, 11) is 0. The molecule has 0 fully saturated rings. The number of carbonyl (C=O) groups excluding carboxylic acids is 1. The number of para-hydroxylation sites is 1. The van der Waals surface area contributed by atoms with Crippen LogP contribution >= 0.6 is 0 Å². The number of benzene rings is 1. The molecule has 1 N–H and O–H groups in total. The van der Waals surface area contributed by atoms with Crippen LogP contribution in [0.3, 0.4) is 0 Å². The van der Waals surface area contributed by atoms with E-state index in [1.54, 1.807) is 0 Å². The summed E-state index contributed by atoms with van der Waals surface area (Å²) in [5, 5.41) is 11.6. The van der Waals surface area contributed by atoms with Gasteiger partial charge in [-0.2, -0.15) is 5.26 Å². The number of carbonyl (C=O) groups is 1. The number of hydrogen-bond donors (Lipinski definition) is 1. The second-order valence-corrected chi connectivity index (χ2v) is 5.33. The first-order chi connectivity index (χ1) is 9.54. The number of rotatable bonds is 7. The van der Waals surface area contributed by atoms with Crippen LogP contribution in [0.4, 0.5) is 5.69 Å². The summed E-state index contributed by atoms with van der Waals surface area (Å²) in [6, 6.07) is 11.3. The zero-order valence-electron chi connectivity index (χ0n) is 12.5. The lowest BCUT2D eigenvalue weighted by atomic mass is 10.1. The Hall–Kier alpha value is -1.86. The fourth-order valence-electron chi connectivity index (χ4n) is 2.04. The van der Waals surface area contributed by atoms with Gasteiger partial charge in [-0.3, -0.25) is 9.69 Å². The maximum atomic E-state index is 12.3. The largest absolute Gasteiger partial charge is 0.325 e. The van der Waals surface area contributed by atoms with Crippen LogP contribution in [0.15, 0.2) is 30.3 Å². The molecule has 0 saturated carbocycles. The monoisotopic (exact) mass is 273 g/mol. The molecule has 1 aromatic carbocycles. The van der Waals surface area contributed by atoms with Gasteiger partial charge < -0.3 is 5.32 Å². The molecule has 108 valence electrons. The fourth-order valence-corrected chi connectivity index (χ4v) is 2.04. The molecule has 0 aliphatic heterocycles. The van der Waals surface area contributed by atoms with Crippen LogP contribution in [-0.4, -0.2) is 29.9 Å². The van der Waals surface area contributed by atoms with Crippen molar-refractivity contribution in [3.63, 3.8) is 0 Å². The third-order valence-corrected chi connectivity index (χ3v) is 3.08. The van der Waals surface area contributed by atoms with E-state index in [0.29, 0.717) is 18.9 Å². The Labute approximate surface area is 121 Å². The summed E-state index contributed by atoms with van der Waals surface area (Å²) >= 11 is 0.